The summed E-state index contributed by atoms with van der Waals surface area (Å²) < 4.78 is 5.46. The van der Waals surface area contributed by atoms with Crippen LogP contribution in [0.25, 0.3) is 0 Å². The fourth-order valence-electron chi connectivity index (χ4n) is 1.99. The minimum Gasteiger partial charge on any atom is -0.391 e. The van der Waals surface area contributed by atoms with Crippen LogP contribution in [0.2, 0.25) is 0 Å². The minimum atomic E-state index is -0.555. The molecular formula is C13H25NO3. The van der Waals surface area contributed by atoms with Crippen LogP contribution >= 0.6 is 0 Å². The van der Waals surface area contributed by atoms with Crippen LogP contribution in [-0.4, -0.2) is 35.4 Å². The van der Waals surface area contributed by atoms with Crippen molar-refractivity contribution in [1.82, 2.24) is 5.32 Å². The van der Waals surface area contributed by atoms with E-state index < -0.39 is 11.6 Å². The minimum absolute atomic E-state index is 0.0239. The Balaban J connectivity index is 2.23. The number of hydrogen-bond donors (Lipinski definition) is 2. The summed E-state index contributed by atoms with van der Waals surface area (Å²) in [6.07, 6.45) is 2.30. The van der Waals surface area contributed by atoms with Gasteiger partial charge in [-0.2, -0.15) is 0 Å². The molecule has 1 fully saturated rings. The van der Waals surface area contributed by atoms with E-state index in [2.05, 4.69) is 5.32 Å². The van der Waals surface area contributed by atoms with E-state index in [-0.39, 0.29) is 5.91 Å². The van der Waals surface area contributed by atoms with E-state index in [0.29, 0.717) is 18.4 Å². The molecule has 0 spiro atoms. The van der Waals surface area contributed by atoms with Crippen LogP contribution in [0.4, 0.5) is 0 Å². The molecule has 0 aromatic carbocycles. The molecule has 0 bridgehead atoms. The first-order chi connectivity index (χ1) is 7.85. The molecule has 0 heterocycles. The lowest BCUT2D eigenvalue weighted by Crippen LogP contribution is -2.51. The summed E-state index contributed by atoms with van der Waals surface area (Å²) in [4.78, 5) is 11.8. The first-order valence-corrected chi connectivity index (χ1v) is 6.45. The van der Waals surface area contributed by atoms with Gasteiger partial charge in [-0.1, -0.05) is 0 Å². The largest absolute Gasteiger partial charge is 0.391 e. The predicted octanol–water partition coefficient (Wildman–Crippen LogP) is 1.47. The summed E-state index contributed by atoms with van der Waals surface area (Å²) in [7, 11) is 0. The molecule has 0 aromatic rings. The average Bonchev–Trinajstić information content (AvgIpc) is 2.13. The van der Waals surface area contributed by atoms with E-state index in [4.69, 9.17) is 4.74 Å². The molecule has 2 N–H and O–H groups in total. The highest BCUT2D eigenvalue weighted by molar-refractivity contribution is 5.77. The van der Waals surface area contributed by atoms with Gasteiger partial charge in [0.1, 0.15) is 0 Å². The molecule has 1 aliphatic carbocycles. The molecule has 1 amide bonds. The van der Waals surface area contributed by atoms with Gasteiger partial charge in [0.15, 0.2) is 0 Å². The van der Waals surface area contributed by atoms with Crippen molar-refractivity contribution in [3.63, 3.8) is 0 Å². The Labute approximate surface area is 104 Å². The van der Waals surface area contributed by atoms with Crippen molar-refractivity contribution < 1.29 is 14.6 Å². The first kappa shape index (κ1) is 14.5. The molecule has 100 valence electrons. The van der Waals surface area contributed by atoms with Crippen molar-refractivity contribution in [3.05, 3.63) is 0 Å². The van der Waals surface area contributed by atoms with Crippen molar-refractivity contribution in [3.8, 4) is 0 Å². The van der Waals surface area contributed by atoms with E-state index >= 15 is 0 Å². The lowest BCUT2D eigenvalue weighted by molar-refractivity contribution is -0.127. The third-order valence-corrected chi connectivity index (χ3v) is 3.57. The second kappa shape index (κ2) is 5.83. The molecule has 0 radical (unpaired) electrons. The van der Waals surface area contributed by atoms with Gasteiger partial charge in [0.05, 0.1) is 17.7 Å². The van der Waals surface area contributed by atoms with Gasteiger partial charge in [0, 0.05) is 13.0 Å². The Kier molecular flexibility index (Phi) is 4.95. The number of aliphatic hydroxyl groups is 1. The van der Waals surface area contributed by atoms with Gasteiger partial charge in [0.2, 0.25) is 5.91 Å². The van der Waals surface area contributed by atoms with Crippen LogP contribution in [0.5, 0.6) is 0 Å². The smallest absolute Gasteiger partial charge is 0.220 e. The third kappa shape index (κ3) is 4.28. The van der Waals surface area contributed by atoms with Crippen LogP contribution in [0, 0.1) is 5.92 Å². The van der Waals surface area contributed by atoms with Crippen molar-refractivity contribution in [2.75, 3.05) is 6.61 Å². The SMILES string of the molecule is CCOC1CC(CC(=O)NC(C)(C)C(C)O)C1. The number of hydrogen-bond acceptors (Lipinski definition) is 3. The van der Waals surface area contributed by atoms with Gasteiger partial charge in [-0.15, -0.1) is 0 Å². The Hall–Kier alpha value is -0.610. The Morgan fingerprint density at radius 1 is 1.53 bits per heavy atom. The quantitative estimate of drug-likeness (QED) is 0.742. The standard InChI is InChI=1S/C13H25NO3/c1-5-17-11-6-10(7-11)8-12(16)14-13(3,4)9(2)15/h9-11,15H,5-8H2,1-4H3,(H,14,16). The molecule has 0 saturated heterocycles. The second-order valence-electron chi connectivity index (χ2n) is 5.56. The fourth-order valence-corrected chi connectivity index (χ4v) is 1.99. The van der Waals surface area contributed by atoms with E-state index in [1.54, 1.807) is 6.92 Å². The summed E-state index contributed by atoms with van der Waals surface area (Å²) in [5.74, 6) is 0.465. The molecule has 17 heavy (non-hydrogen) atoms. The summed E-state index contributed by atoms with van der Waals surface area (Å²) in [6, 6.07) is 0. The molecule has 4 heteroatoms. The number of amides is 1. The van der Waals surface area contributed by atoms with Crippen LogP contribution in [0.3, 0.4) is 0 Å². The highest BCUT2D eigenvalue weighted by Crippen LogP contribution is 2.32. The van der Waals surface area contributed by atoms with E-state index in [0.717, 1.165) is 19.4 Å². The first-order valence-electron chi connectivity index (χ1n) is 6.45. The van der Waals surface area contributed by atoms with Crippen LogP contribution in [-0.2, 0) is 9.53 Å². The molecular weight excluding hydrogens is 218 g/mol. The molecule has 1 rings (SSSR count). The summed E-state index contributed by atoms with van der Waals surface area (Å²) in [5.41, 5.74) is -0.555. The molecule has 1 aliphatic rings. The Morgan fingerprint density at radius 2 is 2.12 bits per heavy atom. The van der Waals surface area contributed by atoms with Gasteiger partial charge < -0.3 is 15.2 Å². The number of carbonyl (C=O) groups is 1. The van der Waals surface area contributed by atoms with E-state index in [9.17, 15) is 9.90 Å². The normalized spacial score (nSPS) is 26.2. The maximum Gasteiger partial charge on any atom is 0.220 e. The third-order valence-electron chi connectivity index (χ3n) is 3.57. The number of ether oxygens (including phenoxy) is 1. The van der Waals surface area contributed by atoms with Gasteiger partial charge >= 0.3 is 0 Å². The molecule has 0 aliphatic heterocycles. The zero-order valence-corrected chi connectivity index (χ0v) is 11.3. The lowest BCUT2D eigenvalue weighted by atomic mass is 9.79. The average molecular weight is 243 g/mol. The molecule has 1 atom stereocenters. The fraction of sp³-hybridized carbons (Fsp3) is 0.923. The van der Waals surface area contributed by atoms with Crippen molar-refractivity contribution in [1.29, 1.82) is 0 Å². The number of carbonyl (C=O) groups excluding carboxylic acids is 1. The Morgan fingerprint density at radius 3 is 2.59 bits per heavy atom. The van der Waals surface area contributed by atoms with Gasteiger partial charge in [-0.3, -0.25) is 4.79 Å². The second-order valence-corrected chi connectivity index (χ2v) is 5.56. The Bertz CT molecular complexity index is 257. The zero-order valence-electron chi connectivity index (χ0n) is 11.3. The highest BCUT2D eigenvalue weighted by atomic mass is 16.5. The monoisotopic (exact) mass is 243 g/mol. The van der Waals surface area contributed by atoms with Crippen molar-refractivity contribution >= 4 is 5.91 Å². The lowest BCUT2D eigenvalue weighted by Gasteiger charge is -2.36. The summed E-state index contributed by atoms with van der Waals surface area (Å²) in [5, 5.41) is 12.4. The number of aliphatic hydroxyl groups excluding tert-OH is 1. The number of rotatable bonds is 6. The number of nitrogens with one attached hydrogen (secondary N) is 1. The molecule has 4 nitrogen and oxygen atoms in total. The van der Waals surface area contributed by atoms with Gasteiger partial charge in [-0.05, 0) is 46.5 Å². The van der Waals surface area contributed by atoms with Crippen molar-refractivity contribution in [2.45, 2.75) is 64.7 Å². The topological polar surface area (TPSA) is 58.6 Å². The molecule has 0 aromatic heterocycles. The maximum absolute atomic E-state index is 11.8. The molecule has 1 saturated carbocycles. The summed E-state index contributed by atoms with van der Waals surface area (Å²) >= 11 is 0. The van der Waals surface area contributed by atoms with Crippen molar-refractivity contribution in [2.24, 2.45) is 5.92 Å². The maximum atomic E-state index is 11.8. The highest BCUT2D eigenvalue weighted by Gasteiger charge is 2.33. The zero-order chi connectivity index (χ0) is 13.1. The van der Waals surface area contributed by atoms with Crippen LogP contribution < -0.4 is 5.32 Å². The summed E-state index contributed by atoms with van der Waals surface area (Å²) in [6.45, 7) is 8.09. The van der Waals surface area contributed by atoms with Gasteiger partial charge in [0.25, 0.3) is 0 Å². The predicted molar refractivity (Wildman–Crippen MR) is 66.7 cm³/mol. The molecule has 1 unspecified atom stereocenters. The van der Waals surface area contributed by atoms with Crippen LogP contribution in [0.15, 0.2) is 0 Å². The van der Waals surface area contributed by atoms with Crippen LogP contribution in [0.1, 0.15) is 47.0 Å². The van der Waals surface area contributed by atoms with E-state index in [1.807, 2.05) is 20.8 Å². The van der Waals surface area contributed by atoms with E-state index in [1.165, 1.54) is 0 Å². The van der Waals surface area contributed by atoms with Gasteiger partial charge in [-0.25, -0.2) is 0 Å².